The first-order valence-corrected chi connectivity index (χ1v) is 39.4. The molecule has 0 spiro atoms. The highest BCUT2D eigenvalue weighted by atomic mass is 35.5. The Kier molecular flexibility index (Phi) is 22.5. The van der Waals surface area contributed by atoms with E-state index in [0.717, 1.165) is 14.0 Å². The number of H-pyrrole nitrogens is 1. The number of para-hydroxylation sites is 2. The number of ether oxygens (including phenoxy) is 2. The first kappa shape index (κ1) is 61.3. The molecule has 1 heterocycles. The van der Waals surface area contributed by atoms with Gasteiger partial charge in [-0.3, -0.25) is 14.9 Å². The molecule has 20 heteroatoms. The number of hydrogen-bond acceptors (Lipinski definition) is 16. The summed E-state index contributed by atoms with van der Waals surface area (Å²) < 4.78 is 351. The number of benzene rings is 8. The molecular formula is C107H163ClN4O15. The number of aromatic carboxylic acids is 1. The fraction of sp³-hybridized carbons (Fsp3) is 0.505. The Hall–Kier alpha value is -10.2. The average Bonchev–Trinajstić information content (AvgIpc) is 0.762. The molecule has 127 heavy (non-hydrogen) atoms. The van der Waals surface area contributed by atoms with Gasteiger partial charge in [-0.25, -0.2) is 9.59 Å². The number of aliphatic hydroxyl groups is 1. The quantitative estimate of drug-likeness (QED) is 0.0195. The summed E-state index contributed by atoms with van der Waals surface area (Å²) in [4.78, 5) is 44.8. The highest BCUT2D eigenvalue weighted by Gasteiger charge is 2.32. The second-order valence-electron chi connectivity index (χ2n) is 38.3. The number of phenols is 6. The van der Waals surface area contributed by atoms with Gasteiger partial charge in [-0.15, -0.1) is 11.6 Å². The lowest BCUT2D eigenvalue weighted by Gasteiger charge is -2.27. The average molecular weight is 1830 g/mol. The molecule has 0 aliphatic rings. The summed E-state index contributed by atoms with van der Waals surface area (Å²) in [6, 6.07) is -0.287. The van der Waals surface area contributed by atoms with E-state index < -0.39 is 267 Å². The zero-order valence-corrected chi connectivity index (χ0v) is 79.1. The van der Waals surface area contributed by atoms with Crippen LogP contribution in [0.15, 0.2) is 162 Å². The van der Waals surface area contributed by atoms with Crippen LogP contribution in [0, 0.1) is 10.1 Å². The number of nitrogens with one attached hydrogen (secondary N) is 1. The van der Waals surface area contributed by atoms with Crippen molar-refractivity contribution < 1.29 is 125 Å². The number of alkyl halides is 1. The molecule has 0 fully saturated rings. The number of fused-ring (bicyclic) bond motifs is 1. The van der Waals surface area contributed by atoms with Crippen molar-refractivity contribution in [2.45, 2.75) is 347 Å². The number of rotatable bonds is 4. The number of carboxylic acid groups (broad SMARTS) is 1. The van der Waals surface area contributed by atoms with Crippen molar-refractivity contribution in [2.24, 2.45) is 0 Å². The van der Waals surface area contributed by atoms with E-state index in [-0.39, 0.29) is 127 Å². The van der Waals surface area contributed by atoms with Gasteiger partial charge in [0.05, 0.1) is 51.1 Å². The fourth-order valence-corrected chi connectivity index (χ4v) is 9.67. The molecule has 0 bridgehead atoms. The van der Waals surface area contributed by atoms with Gasteiger partial charge >= 0.3 is 12.1 Å². The maximum Gasteiger partial charge on any atom is 0.513 e. The van der Waals surface area contributed by atoms with Gasteiger partial charge in [0.1, 0.15) is 45.8 Å². The molecule has 708 valence electrons. The Morgan fingerprint density at radius 1 is 0.457 bits per heavy atom. The van der Waals surface area contributed by atoms with Crippen LogP contribution >= 0.6 is 11.6 Å². The molecule has 0 saturated heterocycles. The maximum atomic E-state index is 11.6. The van der Waals surface area contributed by atoms with Gasteiger partial charge in [0.2, 0.25) is 5.43 Å². The van der Waals surface area contributed by atoms with Crippen molar-refractivity contribution in [3.05, 3.63) is 244 Å². The van der Waals surface area contributed by atoms with E-state index in [1.165, 1.54) is 81.5 Å². The largest absolute Gasteiger partial charge is 0.513 e. The lowest BCUT2D eigenvalue weighted by atomic mass is 9.79. The summed E-state index contributed by atoms with van der Waals surface area (Å²) >= 11 is 5.36. The first-order valence-electron chi connectivity index (χ1n) is 61.4. The number of aromatic hydroxyl groups is 6. The predicted molar refractivity (Wildman–Crippen MR) is 535 cm³/mol. The Balaban J connectivity index is 0. The normalized spacial score (nSPS) is 17.8. The summed E-state index contributed by atoms with van der Waals surface area (Å²) in [5, 5.41) is 82.9. The number of nitro benzene ring substituents is 1. The lowest BCUT2D eigenvalue weighted by Crippen LogP contribution is -2.19. The van der Waals surface area contributed by atoms with Crippen LogP contribution in [-0.4, -0.2) is 81.9 Å². The Morgan fingerprint density at radius 3 is 1.24 bits per heavy atom. The number of nitrogens with zero attached hydrogens (tertiary/aromatic N) is 1. The Labute approximate surface area is 831 Å². The number of methoxy groups -OCH3 is 1. The third-order valence-corrected chi connectivity index (χ3v) is 15.8. The van der Waals surface area contributed by atoms with Crippen molar-refractivity contribution >= 4 is 51.7 Å². The molecule has 0 radical (unpaired) electrons. The minimum Gasteiger partial charge on any atom is -0.508 e. The van der Waals surface area contributed by atoms with Gasteiger partial charge in [0.15, 0.2) is 0 Å². The number of carbonyl (C=O) groups excluding carboxylic acids is 1. The summed E-state index contributed by atoms with van der Waals surface area (Å²) in [5.74, 6) is -4.17. The van der Waals surface area contributed by atoms with E-state index in [0.29, 0.717) is 16.5 Å². The molecule has 0 aliphatic heterocycles. The number of aromatic amines is 1. The van der Waals surface area contributed by atoms with E-state index >= 15 is 0 Å². The van der Waals surface area contributed by atoms with E-state index in [9.17, 15) is 50.0 Å². The van der Waals surface area contributed by atoms with Crippen LogP contribution in [0.1, 0.15) is 409 Å². The highest BCUT2D eigenvalue weighted by Crippen LogP contribution is 2.44. The zero-order valence-electron chi connectivity index (χ0n) is 123. The molecule has 1 aromatic heterocycles. The van der Waals surface area contributed by atoms with Crippen molar-refractivity contribution in [3.8, 4) is 40.2 Å². The smallest absolute Gasteiger partial charge is 0.508 e. The van der Waals surface area contributed by atoms with Crippen molar-refractivity contribution in [1.82, 2.24) is 4.98 Å². The molecule has 0 amide bonds. The molecular weight excluding hydrogens is 1620 g/mol. The lowest BCUT2D eigenvalue weighted by molar-refractivity contribution is -0.386. The van der Waals surface area contributed by atoms with E-state index in [1.54, 1.807) is 142 Å². The third-order valence-electron chi connectivity index (χ3n) is 15.8. The highest BCUT2D eigenvalue weighted by molar-refractivity contribution is 6.23. The number of hydrogen-bond donors (Lipinski definition) is 11. The molecule has 9 aromatic rings. The second-order valence-corrected chi connectivity index (χ2v) is 39.1. The van der Waals surface area contributed by atoms with Crippen LogP contribution in [0.25, 0.3) is 10.9 Å². The molecule has 8 aromatic carbocycles. The number of carboxylic acids is 1. The third kappa shape index (κ3) is 43.4. The molecule has 0 aliphatic carbocycles. The second kappa shape index (κ2) is 46.7. The standard InChI is InChI=1S/C16H24O3.C14H21NO3.2C14H23NO.C14H22O.C10H7NO3.C10H14O.C6H6O.C4H9Cl.C4H10O.CH4/c1-15(2,3)11-8-9-13(19-14(17)18-7)12(10-11)16(4,5)6;1-13(2,3)9-7-10(14(4,5)6)12(16)8-11(9)15(17)18;2*1-13(2,3)9-7-10(14(4,5)6)12(16)8-11(9)15;1-13(2,3)10-7-8-12(15)11(9-10)14(4,5)6;12-9-6-3-1-2-4-8(6)11-5-7(9)10(13)14;1-10(2,3)8-4-6-9(11)7-5-8;7-6-4-2-1-3-5-6;2*1-4(2,3)5;/h8-10H,1-7H3;7-8,16H,1-6H3;2*7-8,16H,15H2,1-6H3;7-9,15H,1-6H3;1-5H,(H,11,12)(H,13,14);4-7,11H,1-3H3;1-5,7H;1-3H3;5H,1-3H3;1H4/i1D3,8D,9D,10D;2*1D3,7D,8D;1D3,7D;1D3,7D,8D,9D;;1D3,4D,5D,6D,7D;1D,2D,3D,4D,5D;1D3,2D3;;/hD. The van der Waals surface area contributed by atoms with Crippen molar-refractivity contribution in [2.75, 3.05) is 18.6 Å². The van der Waals surface area contributed by atoms with E-state index in [2.05, 4.69) is 14.8 Å². The summed E-state index contributed by atoms with van der Waals surface area (Å²) in [7, 11) is 1.11. The van der Waals surface area contributed by atoms with Gasteiger partial charge in [-0.1, -0.05) is 302 Å². The van der Waals surface area contributed by atoms with Crippen LogP contribution in [0.2, 0.25) is 0 Å². The zero-order chi connectivity index (χ0) is 137. The van der Waals surface area contributed by atoms with E-state index in [4.69, 9.17) is 99.8 Å². The first-order chi connectivity index (χ1) is 75.2. The monoisotopic (exact) mass is 1820 g/mol. The van der Waals surface area contributed by atoms with Gasteiger partial charge < -0.3 is 66.8 Å². The summed E-state index contributed by atoms with van der Waals surface area (Å²) in [5.41, 5.74) is -0.988. The number of phenolic OH excluding ortho intramolecular Hbond substituents is 6. The number of aromatic nitrogens is 1. The number of halogens is 1. The molecule has 0 saturated carbocycles. The number of carbonyl (C=O) groups is 2. The van der Waals surface area contributed by atoms with Crippen molar-refractivity contribution in [3.63, 3.8) is 0 Å². The number of nitro groups is 1. The number of nitrogens with two attached hydrogens (primary N) is 2. The van der Waals surface area contributed by atoms with Crippen LogP contribution < -0.4 is 21.6 Å². The summed E-state index contributed by atoms with van der Waals surface area (Å²) in [6.07, 6.45) is 0.146. The molecule has 19 nitrogen and oxygen atoms in total. The van der Waals surface area contributed by atoms with Crippen LogP contribution in [0.5, 0.6) is 40.2 Å². The van der Waals surface area contributed by atoms with Crippen LogP contribution in [0.3, 0.4) is 0 Å². The van der Waals surface area contributed by atoms with Crippen molar-refractivity contribution in [1.29, 1.82) is 1.43 Å². The molecule has 9 rings (SSSR count). The maximum absolute atomic E-state index is 11.6. The Morgan fingerprint density at radius 2 is 0.835 bits per heavy atom. The predicted octanol–water partition coefficient (Wildman–Crippen LogP) is 28.2. The minimum atomic E-state index is -2.67. The number of nitrogen functional groups attached to an aromatic ring is 2. The van der Waals surface area contributed by atoms with Gasteiger partial charge in [-0.2, -0.15) is 0 Å². The van der Waals surface area contributed by atoms with Gasteiger partial charge in [-0.05, 0) is 212 Å². The fourth-order valence-electron chi connectivity index (χ4n) is 9.67. The van der Waals surface area contributed by atoms with Gasteiger partial charge in [0.25, 0.3) is 7.12 Å². The van der Waals surface area contributed by atoms with E-state index in [1.807, 2.05) is 20.8 Å². The minimum absolute atomic E-state index is 0. The number of pyridine rings is 1. The molecule has 0 unspecified atom stereocenters. The SMILES string of the molecule is C.CC(C)(C)O.O=C(O)c1c[nH]c2ccccc2c1=O.[2H]C([2H])([2H])C(C)(Cl)C([2H])([2H])[2H].[2H]Oc1c([2H])c([2H])c([2H])c([2H])c1[2H].[2H]c1c(C(C)(C)C)c(O)cc(N)c1C(C)(C)C([2H])([2H])[2H].[2H]c1c(N)c(C(C)(C)C([2H])([2H])[2H])c([2H])c(C(C)(C)C)c1O.[2H]c1c(O)c(C(C)(C)C)c([2H])c(C(C)(C)C([2H])([2H])[2H])c1[N+](=O)[O-].[2H]c1c([2H])c(C(C)(C)C([2H])([2H])[2H])c([2H])c(C(C)(C)C)c1O.[2H]c1c([2H])c(C(C)(C)C([2H])([2H])[2H])c([2H])c(C(C)(C)C)c1OC(=O)OC.[2H]c1c([2H])c(C(C)(C)C([2H])([2H])[2H])c([2H])c([2H])c1O. The van der Waals surface area contributed by atoms with Crippen LogP contribution in [-0.2, 0) is 64.3 Å². The van der Waals surface area contributed by atoms with Crippen LogP contribution in [0.4, 0.5) is 21.9 Å². The Bertz CT molecular complexity index is 7120. The number of anilines is 2. The van der Waals surface area contributed by atoms with Gasteiger partial charge in [0, 0.05) is 95.0 Å². The molecule has 13 N–H and O–H groups in total. The summed E-state index contributed by atoms with van der Waals surface area (Å²) in [6.45, 7) is 29.8. The molecule has 0 atom stereocenters. The topological polar surface area (TPSA) is 342 Å².